The van der Waals surface area contributed by atoms with Gasteiger partial charge in [-0.15, -0.1) is 0 Å². The topological polar surface area (TPSA) is 237 Å². The highest BCUT2D eigenvalue weighted by atomic mass is 31.2. The number of hydrogen-bond donors (Lipinski definition) is 3. The molecule has 3 N–H and O–H groups in total. The van der Waals surface area contributed by atoms with Crippen molar-refractivity contribution >= 4 is 39.5 Å². The molecular weight excluding hydrogens is 1150 g/mol. The minimum atomic E-state index is -4.95. The summed E-state index contributed by atoms with van der Waals surface area (Å²) in [5, 5.41) is 10.6. The van der Waals surface area contributed by atoms with Crippen LogP contribution in [0.15, 0.2) is 0 Å². The van der Waals surface area contributed by atoms with Crippen LogP contribution in [0.5, 0.6) is 0 Å². The highest BCUT2D eigenvalue weighted by molar-refractivity contribution is 7.47. The van der Waals surface area contributed by atoms with E-state index in [-0.39, 0.29) is 25.7 Å². The van der Waals surface area contributed by atoms with E-state index in [2.05, 4.69) is 41.5 Å². The number of esters is 4. The van der Waals surface area contributed by atoms with E-state index in [9.17, 15) is 43.2 Å². The third-order valence-electron chi connectivity index (χ3n) is 15.7. The van der Waals surface area contributed by atoms with Crippen molar-refractivity contribution in [3.05, 3.63) is 0 Å². The summed E-state index contributed by atoms with van der Waals surface area (Å²) in [6.07, 6.45) is 44.4. The van der Waals surface area contributed by atoms with Crippen molar-refractivity contribution in [3.8, 4) is 0 Å². The van der Waals surface area contributed by atoms with Crippen molar-refractivity contribution in [2.75, 3.05) is 39.6 Å². The quantitative estimate of drug-likeness (QED) is 0.0222. The molecular formula is C68H132O17P2. The van der Waals surface area contributed by atoms with Gasteiger partial charge in [0.1, 0.15) is 19.3 Å². The van der Waals surface area contributed by atoms with Crippen molar-refractivity contribution in [2.45, 2.75) is 362 Å². The zero-order chi connectivity index (χ0) is 64.3. The van der Waals surface area contributed by atoms with Gasteiger partial charge in [0.25, 0.3) is 0 Å². The molecule has 87 heavy (non-hydrogen) atoms. The van der Waals surface area contributed by atoms with Gasteiger partial charge in [0.15, 0.2) is 12.2 Å². The van der Waals surface area contributed by atoms with E-state index in [0.29, 0.717) is 31.6 Å². The largest absolute Gasteiger partial charge is 0.472 e. The van der Waals surface area contributed by atoms with Crippen molar-refractivity contribution in [1.29, 1.82) is 0 Å². The Balaban J connectivity index is 5.25. The maximum atomic E-state index is 13.0. The first-order valence-electron chi connectivity index (χ1n) is 35.5. The Morgan fingerprint density at radius 3 is 0.782 bits per heavy atom. The second-order valence-electron chi connectivity index (χ2n) is 25.5. The van der Waals surface area contributed by atoms with E-state index in [0.717, 1.165) is 102 Å². The number of phosphoric ester groups is 2. The molecule has 0 saturated carbocycles. The van der Waals surface area contributed by atoms with E-state index in [1.54, 1.807) is 0 Å². The number of carbonyl (C=O) groups is 4. The summed E-state index contributed by atoms with van der Waals surface area (Å²) in [4.78, 5) is 72.4. The summed E-state index contributed by atoms with van der Waals surface area (Å²) < 4.78 is 68.2. The van der Waals surface area contributed by atoms with Crippen LogP contribution in [-0.2, 0) is 65.4 Å². The first-order chi connectivity index (χ1) is 41.9. The molecule has 0 radical (unpaired) electrons. The van der Waals surface area contributed by atoms with Gasteiger partial charge in [-0.1, -0.05) is 292 Å². The van der Waals surface area contributed by atoms with Gasteiger partial charge >= 0.3 is 39.5 Å². The maximum Gasteiger partial charge on any atom is 0.472 e. The predicted molar refractivity (Wildman–Crippen MR) is 349 cm³/mol. The first kappa shape index (κ1) is 85.1. The molecule has 0 aromatic heterocycles. The van der Waals surface area contributed by atoms with Crippen molar-refractivity contribution in [1.82, 2.24) is 0 Å². The summed E-state index contributed by atoms with van der Waals surface area (Å²) in [6, 6.07) is 0. The second kappa shape index (κ2) is 60.3. The molecule has 0 amide bonds. The molecule has 0 aromatic carbocycles. The molecule has 0 aliphatic rings. The molecule has 0 aliphatic heterocycles. The average Bonchev–Trinajstić information content (AvgIpc) is 3.70. The van der Waals surface area contributed by atoms with Gasteiger partial charge in [-0.05, 0) is 37.5 Å². The molecule has 17 nitrogen and oxygen atoms in total. The highest BCUT2D eigenvalue weighted by Gasteiger charge is 2.30. The van der Waals surface area contributed by atoms with Crippen LogP contribution in [0.25, 0.3) is 0 Å². The number of unbranched alkanes of at least 4 members (excludes halogenated alkanes) is 37. The number of aliphatic hydroxyl groups excluding tert-OH is 1. The summed E-state index contributed by atoms with van der Waals surface area (Å²) >= 11 is 0. The van der Waals surface area contributed by atoms with Crippen molar-refractivity contribution in [3.63, 3.8) is 0 Å². The molecule has 0 rings (SSSR count). The van der Waals surface area contributed by atoms with Crippen LogP contribution >= 0.6 is 15.6 Å². The lowest BCUT2D eigenvalue weighted by Crippen LogP contribution is -2.30. The van der Waals surface area contributed by atoms with Gasteiger partial charge in [-0.3, -0.25) is 37.3 Å². The number of ether oxygens (including phenoxy) is 4. The normalized spacial score (nSPS) is 14.2. The lowest BCUT2D eigenvalue weighted by molar-refractivity contribution is -0.161. The van der Waals surface area contributed by atoms with Gasteiger partial charge in [0.2, 0.25) is 0 Å². The molecule has 0 spiro atoms. The Morgan fingerprint density at radius 1 is 0.310 bits per heavy atom. The average molecular weight is 1280 g/mol. The Bertz CT molecular complexity index is 1700. The van der Waals surface area contributed by atoms with E-state index < -0.39 is 97.5 Å². The van der Waals surface area contributed by atoms with Crippen molar-refractivity contribution in [2.24, 2.45) is 11.8 Å². The summed E-state index contributed by atoms with van der Waals surface area (Å²) in [7, 11) is -9.89. The number of rotatable bonds is 67. The van der Waals surface area contributed by atoms with Gasteiger partial charge in [-0.2, -0.15) is 0 Å². The maximum absolute atomic E-state index is 13.0. The Morgan fingerprint density at radius 2 is 0.529 bits per heavy atom. The number of phosphoric acid groups is 2. The Kier molecular flexibility index (Phi) is 59.0. The van der Waals surface area contributed by atoms with Crippen LogP contribution in [0.2, 0.25) is 0 Å². The van der Waals surface area contributed by atoms with Crippen LogP contribution in [-0.4, -0.2) is 96.7 Å². The smallest absolute Gasteiger partial charge is 0.462 e. The Hall–Kier alpha value is -1.94. The van der Waals surface area contributed by atoms with Gasteiger partial charge in [0, 0.05) is 25.7 Å². The summed E-state index contributed by atoms with van der Waals surface area (Å²) in [6.45, 7) is 9.46. The third-order valence-corrected chi connectivity index (χ3v) is 17.6. The SMILES string of the molecule is CCCCCCCCCCCCCCCCC(=O)O[C@H](COC(=O)CCCCCCCCCCCC(C)C)COP(=O)(O)OC[C@@H](O)COP(=O)(O)OC[C@@H](COC(=O)CCCCCCCCCC(C)C)OC(=O)CCCCCCCCCCCCC. The molecule has 0 fully saturated rings. The van der Waals surface area contributed by atoms with Crippen LogP contribution in [0.3, 0.4) is 0 Å². The molecule has 516 valence electrons. The van der Waals surface area contributed by atoms with Gasteiger partial charge in [0.05, 0.1) is 26.4 Å². The monoisotopic (exact) mass is 1280 g/mol. The third kappa shape index (κ3) is 62.6. The molecule has 0 bridgehead atoms. The molecule has 0 saturated heterocycles. The van der Waals surface area contributed by atoms with Crippen LogP contribution < -0.4 is 0 Å². The second-order valence-corrected chi connectivity index (χ2v) is 28.4. The van der Waals surface area contributed by atoms with Crippen LogP contribution in [0.1, 0.15) is 343 Å². The van der Waals surface area contributed by atoms with E-state index in [4.69, 9.17) is 37.0 Å². The van der Waals surface area contributed by atoms with E-state index in [1.165, 1.54) is 154 Å². The fraction of sp³-hybridized carbons (Fsp3) is 0.941. The fourth-order valence-electron chi connectivity index (χ4n) is 10.2. The molecule has 0 aliphatic carbocycles. The number of aliphatic hydroxyl groups is 1. The van der Waals surface area contributed by atoms with E-state index in [1.807, 2.05) is 0 Å². The lowest BCUT2D eigenvalue weighted by Gasteiger charge is -2.21. The van der Waals surface area contributed by atoms with E-state index >= 15 is 0 Å². The lowest BCUT2D eigenvalue weighted by atomic mass is 10.0. The minimum Gasteiger partial charge on any atom is -0.462 e. The first-order valence-corrected chi connectivity index (χ1v) is 38.5. The number of hydrogen-bond acceptors (Lipinski definition) is 15. The zero-order valence-electron chi connectivity index (χ0n) is 56.3. The summed E-state index contributed by atoms with van der Waals surface area (Å²) in [5.41, 5.74) is 0. The van der Waals surface area contributed by atoms with Gasteiger partial charge in [-0.25, -0.2) is 9.13 Å². The van der Waals surface area contributed by atoms with Crippen LogP contribution in [0.4, 0.5) is 0 Å². The van der Waals surface area contributed by atoms with Gasteiger partial charge < -0.3 is 33.8 Å². The summed E-state index contributed by atoms with van der Waals surface area (Å²) in [5.74, 6) is -0.677. The fourth-order valence-corrected chi connectivity index (χ4v) is 11.8. The minimum absolute atomic E-state index is 0.106. The molecule has 0 aromatic rings. The Labute approximate surface area is 530 Å². The highest BCUT2D eigenvalue weighted by Crippen LogP contribution is 2.45. The molecule has 19 heteroatoms. The molecule has 0 heterocycles. The molecule has 5 atom stereocenters. The number of carbonyl (C=O) groups excluding carboxylic acids is 4. The zero-order valence-corrected chi connectivity index (χ0v) is 58.1. The van der Waals surface area contributed by atoms with Crippen LogP contribution in [0, 0.1) is 11.8 Å². The predicted octanol–water partition coefficient (Wildman–Crippen LogP) is 19.2. The standard InChI is InChI=1S/C68H132O17P2/c1-7-9-11-13-15-17-19-20-21-23-27-34-41-47-53-68(73)84-63(56-78-65(70)50-44-38-32-28-24-25-30-36-42-48-60(3)4)58-82-86(74,75)80-54-62(69)55-81-87(76,77)83-59-64(57-79-66(71)51-45-39-35-29-31-37-43-49-61(5)6)85-67(72)52-46-40-33-26-22-18-16-14-12-10-8-2/h60-64,69H,7-59H2,1-6H3,(H,74,75)(H,76,77)/t62-,63-,64-/m1/s1. The molecule has 2 unspecified atom stereocenters. The van der Waals surface area contributed by atoms with Crippen molar-refractivity contribution < 1.29 is 80.2 Å².